The third kappa shape index (κ3) is 6.10. The molecule has 0 bridgehead atoms. The van der Waals surface area contributed by atoms with E-state index >= 15 is 0 Å². The van der Waals surface area contributed by atoms with E-state index in [1.807, 2.05) is 12.1 Å². The minimum atomic E-state index is -0.222. The van der Waals surface area contributed by atoms with Crippen molar-refractivity contribution in [3.05, 3.63) is 59.8 Å². The molecule has 1 saturated heterocycles. The second-order valence-electron chi connectivity index (χ2n) is 10.7. The van der Waals surface area contributed by atoms with E-state index in [0.29, 0.717) is 43.2 Å². The first-order valence-corrected chi connectivity index (χ1v) is 14.1. The van der Waals surface area contributed by atoms with Gasteiger partial charge in [0.15, 0.2) is 11.5 Å². The van der Waals surface area contributed by atoms with Crippen LogP contribution in [0.15, 0.2) is 48.7 Å². The monoisotopic (exact) mass is 548 g/mol. The number of para-hydroxylation sites is 1. The highest BCUT2D eigenvalue weighted by Gasteiger charge is 2.42. The zero-order chi connectivity index (χ0) is 28.1. The second kappa shape index (κ2) is 12.7. The summed E-state index contributed by atoms with van der Waals surface area (Å²) in [7, 11) is 4.83. The maximum Gasteiger partial charge on any atom is 0.251 e. The summed E-state index contributed by atoms with van der Waals surface area (Å²) in [6, 6.07) is 13.4. The van der Waals surface area contributed by atoms with E-state index in [9.17, 15) is 9.59 Å². The lowest BCUT2D eigenvalue weighted by Gasteiger charge is -2.38. The van der Waals surface area contributed by atoms with Gasteiger partial charge in [0, 0.05) is 61.6 Å². The number of fused-ring (bicyclic) bond motifs is 1. The Hall–Kier alpha value is -3.56. The van der Waals surface area contributed by atoms with E-state index in [-0.39, 0.29) is 35.9 Å². The van der Waals surface area contributed by atoms with Gasteiger partial charge in [-0.3, -0.25) is 9.59 Å². The molecule has 1 unspecified atom stereocenters. The van der Waals surface area contributed by atoms with Gasteiger partial charge in [0.1, 0.15) is 0 Å². The Morgan fingerprint density at radius 2 is 1.85 bits per heavy atom. The number of amides is 2. The zero-order valence-corrected chi connectivity index (χ0v) is 23.6. The molecule has 9 nitrogen and oxygen atoms in total. The summed E-state index contributed by atoms with van der Waals surface area (Å²) >= 11 is 0. The van der Waals surface area contributed by atoms with Gasteiger partial charge in [-0.25, -0.2) is 0 Å². The van der Waals surface area contributed by atoms with Crippen molar-refractivity contribution in [1.82, 2.24) is 20.5 Å². The number of aromatic nitrogens is 1. The first-order chi connectivity index (χ1) is 19.5. The van der Waals surface area contributed by atoms with Crippen molar-refractivity contribution in [2.24, 2.45) is 5.92 Å². The van der Waals surface area contributed by atoms with Crippen LogP contribution in [0.2, 0.25) is 0 Å². The highest BCUT2D eigenvalue weighted by molar-refractivity contribution is 5.95. The highest BCUT2D eigenvalue weighted by Crippen LogP contribution is 2.40. The largest absolute Gasteiger partial charge is 0.493 e. The normalized spacial score (nSPS) is 19.7. The molecule has 3 aromatic rings. The van der Waals surface area contributed by atoms with Gasteiger partial charge in [-0.2, -0.15) is 0 Å². The van der Waals surface area contributed by atoms with Gasteiger partial charge in [-0.15, -0.1) is 0 Å². The Balaban J connectivity index is 1.33. The number of aromatic amines is 1. The lowest BCUT2D eigenvalue weighted by Crippen LogP contribution is -2.53. The molecule has 0 spiro atoms. The number of nitrogens with one attached hydrogen (secondary N) is 3. The molecule has 2 amide bonds. The van der Waals surface area contributed by atoms with E-state index in [1.54, 1.807) is 39.5 Å². The summed E-state index contributed by atoms with van der Waals surface area (Å²) in [4.78, 5) is 32.9. The molecule has 1 aliphatic carbocycles. The molecule has 1 aliphatic heterocycles. The molecule has 2 fully saturated rings. The fourth-order valence-corrected chi connectivity index (χ4v) is 5.87. The zero-order valence-electron chi connectivity index (χ0n) is 23.6. The van der Waals surface area contributed by atoms with Crippen LogP contribution in [0.1, 0.15) is 54.1 Å². The van der Waals surface area contributed by atoms with Gasteiger partial charge in [0.25, 0.3) is 5.91 Å². The Kier molecular flexibility index (Phi) is 8.91. The minimum absolute atomic E-state index is 0.0342. The van der Waals surface area contributed by atoms with E-state index < -0.39 is 0 Å². The van der Waals surface area contributed by atoms with E-state index in [0.717, 1.165) is 42.1 Å². The van der Waals surface area contributed by atoms with Crippen LogP contribution in [-0.2, 0) is 9.53 Å². The van der Waals surface area contributed by atoms with Gasteiger partial charge in [-0.05, 0) is 61.9 Å². The number of carbonyl (C=O) groups is 2. The van der Waals surface area contributed by atoms with Crippen LogP contribution < -0.4 is 20.1 Å². The molecule has 3 N–H and O–H groups in total. The lowest BCUT2D eigenvalue weighted by molar-refractivity contribution is -0.140. The predicted octanol–water partition coefficient (Wildman–Crippen LogP) is 4.05. The fraction of sp³-hybridized carbons (Fsp3) is 0.484. The van der Waals surface area contributed by atoms with Crippen LogP contribution in [0.5, 0.6) is 11.5 Å². The number of H-pyrrole nitrogens is 1. The first kappa shape index (κ1) is 28.0. The molecule has 3 atom stereocenters. The Morgan fingerprint density at radius 3 is 2.60 bits per heavy atom. The van der Waals surface area contributed by atoms with Crippen molar-refractivity contribution in [3.63, 3.8) is 0 Å². The number of hydrogen-bond donors (Lipinski definition) is 3. The van der Waals surface area contributed by atoms with E-state index in [1.165, 1.54) is 0 Å². The van der Waals surface area contributed by atoms with Crippen LogP contribution >= 0.6 is 0 Å². The third-order valence-electron chi connectivity index (χ3n) is 8.02. The van der Waals surface area contributed by atoms with Gasteiger partial charge >= 0.3 is 0 Å². The van der Waals surface area contributed by atoms with Crippen LogP contribution in [0.25, 0.3) is 10.9 Å². The Morgan fingerprint density at radius 1 is 1.05 bits per heavy atom. The molecule has 1 aromatic heterocycles. The smallest absolute Gasteiger partial charge is 0.251 e. The SMILES string of the molecule is COCCCC(c1c[nH]c2ccccc12)N(C(=O)[C@@H]1CNC[C@H](NC(=O)c2ccc(OC)c(OC)c2)C1)C1CC1. The average Bonchev–Trinajstić information content (AvgIpc) is 3.73. The number of rotatable bonds is 12. The summed E-state index contributed by atoms with van der Waals surface area (Å²) in [5.41, 5.74) is 2.73. The number of carbonyl (C=O) groups excluding carboxylic acids is 2. The van der Waals surface area contributed by atoms with Crippen molar-refractivity contribution in [1.29, 1.82) is 0 Å². The Bertz CT molecular complexity index is 1320. The predicted molar refractivity (Wildman–Crippen MR) is 154 cm³/mol. The molecule has 2 aliphatic rings. The highest BCUT2D eigenvalue weighted by atomic mass is 16.5. The fourth-order valence-electron chi connectivity index (χ4n) is 5.87. The van der Waals surface area contributed by atoms with Crippen molar-refractivity contribution in [2.45, 2.75) is 50.2 Å². The molecule has 2 aromatic carbocycles. The molecule has 40 heavy (non-hydrogen) atoms. The van der Waals surface area contributed by atoms with E-state index in [2.05, 4.69) is 38.8 Å². The van der Waals surface area contributed by atoms with Crippen LogP contribution in [0.4, 0.5) is 0 Å². The van der Waals surface area contributed by atoms with Crippen LogP contribution in [-0.4, -0.2) is 74.8 Å². The number of methoxy groups -OCH3 is 3. The number of hydrogen-bond acceptors (Lipinski definition) is 6. The van der Waals surface area contributed by atoms with Crippen LogP contribution in [0, 0.1) is 5.92 Å². The molecule has 9 heteroatoms. The molecular formula is C31H40N4O5. The Labute approximate surface area is 235 Å². The summed E-state index contributed by atoms with van der Waals surface area (Å²) < 4.78 is 16.0. The van der Waals surface area contributed by atoms with Gasteiger partial charge in [0.05, 0.1) is 26.2 Å². The minimum Gasteiger partial charge on any atom is -0.493 e. The van der Waals surface area contributed by atoms with Crippen LogP contribution in [0.3, 0.4) is 0 Å². The quantitative estimate of drug-likeness (QED) is 0.295. The van der Waals surface area contributed by atoms with Crippen molar-refractivity contribution < 1.29 is 23.8 Å². The number of piperidine rings is 1. The topological polar surface area (TPSA) is 105 Å². The molecule has 0 radical (unpaired) electrons. The summed E-state index contributed by atoms with van der Waals surface area (Å²) in [6.45, 7) is 1.87. The number of nitrogens with zero attached hydrogens (tertiary/aromatic N) is 1. The molecule has 214 valence electrons. The maximum absolute atomic E-state index is 14.2. The van der Waals surface area contributed by atoms with Gasteiger partial charge < -0.3 is 34.7 Å². The van der Waals surface area contributed by atoms with Gasteiger partial charge in [0.2, 0.25) is 5.91 Å². The van der Waals surface area contributed by atoms with Crippen molar-refractivity contribution >= 4 is 22.7 Å². The number of ether oxygens (including phenoxy) is 3. The molecule has 5 rings (SSSR count). The average molecular weight is 549 g/mol. The molecule has 2 heterocycles. The maximum atomic E-state index is 14.2. The van der Waals surface area contributed by atoms with Crippen molar-refractivity contribution in [2.75, 3.05) is 41.0 Å². The third-order valence-corrected chi connectivity index (χ3v) is 8.02. The molecular weight excluding hydrogens is 508 g/mol. The molecule has 1 saturated carbocycles. The summed E-state index contributed by atoms with van der Waals surface area (Å²) in [5, 5.41) is 7.68. The lowest BCUT2D eigenvalue weighted by atomic mass is 9.91. The van der Waals surface area contributed by atoms with Crippen molar-refractivity contribution in [3.8, 4) is 11.5 Å². The second-order valence-corrected chi connectivity index (χ2v) is 10.7. The first-order valence-electron chi connectivity index (χ1n) is 14.1. The summed E-state index contributed by atoms with van der Waals surface area (Å²) in [5.74, 6) is 0.811. The summed E-state index contributed by atoms with van der Waals surface area (Å²) in [6.07, 6.45) is 6.40. The van der Waals surface area contributed by atoms with E-state index in [4.69, 9.17) is 14.2 Å². The van der Waals surface area contributed by atoms with Gasteiger partial charge in [-0.1, -0.05) is 18.2 Å². The number of benzene rings is 2. The standard InChI is InChI=1S/C31H40N4O5/c1-38-14-6-9-27(25-19-33-26-8-5-4-7-24(25)26)35(23-11-12-23)31(37)21-15-22(18-32-17-21)34-30(36)20-10-13-28(39-2)29(16-20)40-3/h4-5,7-8,10,13,16,19,21-23,27,32-33H,6,9,11-12,14-15,17-18H2,1-3H3,(H,34,36)/t21-,22+,27?/m0/s1.